The first-order valence-electron chi connectivity index (χ1n) is 8.96. The van der Waals surface area contributed by atoms with E-state index >= 15 is 0 Å². The van der Waals surface area contributed by atoms with Gasteiger partial charge in [0.15, 0.2) is 0 Å². The van der Waals surface area contributed by atoms with Gasteiger partial charge in [0.1, 0.15) is 0 Å². The summed E-state index contributed by atoms with van der Waals surface area (Å²) in [4.78, 5) is 0. The summed E-state index contributed by atoms with van der Waals surface area (Å²) in [5.74, 6) is 0. The topological polar surface area (TPSA) is 0 Å². The molecule has 3 aromatic rings. The van der Waals surface area contributed by atoms with Gasteiger partial charge >= 0.3 is 0 Å². The van der Waals surface area contributed by atoms with Crippen molar-refractivity contribution in [3.05, 3.63) is 96.6 Å². The van der Waals surface area contributed by atoms with Gasteiger partial charge < -0.3 is 0 Å². The maximum Gasteiger partial charge on any atom is 0 e. The Balaban J connectivity index is -0.000000175. The normalized spacial score (nSPS) is 7.44. The van der Waals surface area contributed by atoms with Crippen LogP contribution < -0.4 is 0 Å². The molecule has 0 nitrogen and oxygen atoms in total. The van der Waals surface area contributed by atoms with Crippen LogP contribution in [0.2, 0.25) is 0 Å². The molecule has 3 heteroatoms. The molecule has 27 heavy (non-hydrogen) atoms. The minimum atomic E-state index is 0. The van der Waals surface area contributed by atoms with E-state index in [-0.39, 0.29) is 98.1 Å². The summed E-state index contributed by atoms with van der Waals surface area (Å²) in [6.45, 7) is 10.2. The average molecular weight is 586 g/mol. The van der Waals surface area contributed by atoms with Crippen LogP contribution in [0.4, 0.5) is 0 Å². The van der Waals surface area contributed by atoms with Crippen molar-refractivity contribution < 1.29 is 98.1 Å². The summed E-state index contributed by atoms with van der Waals surface area (Å²) in [6, 6.07) is 31.6. The second kappa shape index (κ2) is 27.0. The number of aryl methyl sites for hydroxylation is 1. The molecule has 0 fully saturated rings. The quantitative estimate of drug-likeness (QED) is 0.274. The van der Waals surface area contributed by atoms with E-state index in [4.69, 9.17) is 0 Å². The van der Waals surface area contributed by atoms with Crippen molar-refractivity contribution >= 4 is 0 Å². The van der Waals surface area contributed by atoms with Crippen LogP contribution in [0, 0.1) is 6.07 Å². The third-order valence-corrected chi connectivity index (χ3v) is 3.09. The largest absolute Gasteiger partial charge is 0.184 e. The first-order valence-corrected chi connectivity index (χ1v) is 8.96. The van der Waals surface area contributed by atoms with Gasteiger partial charge in [-0.15, -0.1) is 0 Å². The second-order valence-corrected chi connectivity index (χ2v) is 4.45. The Bertz CT molecular complexity index is 584. The molecule has 0 unspecified atom stereocenters. The van der Waals surface area contributed by atoms with E-state index in [1.54, 1.807) is 0 Å². The van der Waals surface area contributed by atoms with Gasteiger partial charge in [0.2, 0.25) is 0 Å². The molecule has 0 saturated heterocycles. The zero-order chi connectivity index (χ0) is 18.0. The molecule has 0 heterocycles. The Morgan fingerprint density at radius 2 is 1.04 bits per heavy atom. The molecule has 0 N–H and O–H groups in total. The van der Waals surface area contributed by atoms with Crippen LogP contribution in [-0.4, -0.2) is 0 Å². The summed E-state index contributed by atoms with van der Waals surface area (Å²) in [7, 11) is 0. The molecule has 0 saturated carbocycles. The van der Waals surface area contributed by atoms with Crippen molar-refractivity contribution in [1.29, 1.82) is 0 Å². The average Bonchev–Trinajstić information content (AvgIpc) is 2.73. The van der Waals surface area contributed by atoms with Gasteiger partial charge in [-0.05, 0) is 23.1 Å². The number of hydrogen-bond acceptors (Lipinski definition) is 0. The molecule has 3 rings (SSSR count). The Kier molecular flexibility index (Phi) is 35.4. The molecular weight excluding hydrogens is 555 g/mol. The van der Waals surface area contributed by atoms with Crippen molar-refractivity contribution in [3.63, 3.8) is 0 Å². The van der Waals surface area contributed by atoms with Gasteiger partial charge in [0.25, 0.3) is 0 Å². The second-order valence-electron chi connectivity index (χ2n) is 4.45. The molecule has 137 valence electrons. The SMILES string of the molecule is CC.CC.CCc1ccccc1-c1ccccc1.[Y].[Y].[Y].[c-]1ccccc1. The number of hydrogen-bond donors (Lipinski definition) is 0. The van der Waals surface area contributed by atoms with Gasteiger partial charge in [-0.25, -0.2) is 0 Å². The van der Waals surface area contributed by atoms with Crippen molar-refractivity contribution in [2.45, 2.75) is 41.0 Å². The van der Waals surface area contributed by atoms with Crippen molar-refractivity contribution in [1.82, 2.24) is 0 Å². The van der Waals surface area contributed by atoms with E-state index in [0.717, 1.165) is 6.42 Å². The third-order valence-electron chi connectivity index (χ3n) is 3.09. The van der Waals surface area contributed by atoms with Gasteiger partial charge in [0, 0.05) is 98.1 Å². The standard InChI is InChI=1S/C14H14.C6H5.2C2H6.3Y/c1-2-12-8-6-7-11-14(12)13-9-4-3-5-10-13;1-2-4-6-5-3-1;2*1-2;;;/h3-11H,2H2,1H3;1-5H;2*1-2H3;;;/q;-1;;;;;. The monoisotopic (exact) mass is 586 g/mol. The van der Waals surface area contributed by atoms with Gasteiger partial charge in [-0.1, -0.05) is 89.2 Å². The van der Waals surface area contributed by atoms with Gasteiger partial charge in [0.05, 0.1) is 0 Å². The Hall–Kier alpha value is 0.972. The van der Waals surface area contributed by atoms with Crippen LogP contribution >= 0.6 is 0 Å². The van der Waals surface area contributed by atoms with E-state index < -0.39 is 0 Å². The molecule has 0 atom stereocenters. The van der Waals surface area contributed by atoms with E-state index in [9.17, 15) is 0 Å². The summed E-state index contributed by atoms with van der Waals surface area (Å²) >= 11 is 0. The zero-order valence-electron chi connectivity index (χ0n) is 17.5. The maximum atomic E-state index is 2.89. The molecule has 0 aromatic heterocycles. The predicted molar refractivity (Wildman–Crippen MR) is 109 cm³/mol. The van der Waals surface area contributed by atoms with Crippen LogP contribution in [-0.2, 0) is 105 Å². The van der Waals surface area contributed by atoms with Crippen LogP contribution in [0.15, 0.2) is 84.9 Å². The minimum Gasteiger partial charge on any atom is -0.184 e. The molecule has 0 bridgehead atoms. The molecule has 0 amide bonds. The summed E-state index contributed by atoms with van der Waals surface area (Å²) < 4.78 is 0. The third kappa shape index (κ3) is 16.5. The first-order chi connectivity index (χ1) is 11.9. The molecular formula is C24H31Y3-. The summed E-state index contributed by atoms with van der Waals surface area (Å²) in [5.41, 5.74) is 4.08. The molecule has 0 aliphatic carbocycles. The fourth-order valence-corrected chi connectivity index (χ4v) is 2.07. The van der Waals surface area contributed by atoms with Gasteiger partial charge in [-0.2, -0.15) is 36.4 Å². The van der Waals surface area contributed by atoms with Crippen LogP contribution in [0.25, 0.3) is 11.1 Å². The van der Waals surface area contributed by atoms with E-state index in [1.807, 2.05) is 58.0 Å². The van der Waals surface area contributed by atoms with Crippen LogP contribution in [0.3, 0.4) is 0 Å². The Labute approximate surface area is 243 Å². The van der Waals surface area contributed by atoms with E-state index in [2.05, 4.69) is 67.6 Å². The maximum absolute atomic E-state index is 2.89. The Morgan fingerprint density at radius 1 is 0.593 bits per heavy atom. The van der Waals surface area contributed by atoms with E-state index in [1.165, 1.54) is 16.7 Å². The first kappa shape index (κ1) is 35.4. The molecule has 3 radical (unpaired) electrons. The van der Waals surface area contributed by atoms with Crippen molar-refractivity contribution in [2.75, 3.05) is 0 Å². The predicted octanol–water partition coefficient (Wildman–Crippen LogP) is 7.45. The molecule has 0 aliphatic rings. The fourth-order valence-electron chi connectivity index (χ4n) is 2.07. The smallest absolute Gasteiger partial charge is 0 e. The molecule has 0 spiro atoms. The Morgan fingerprint density at radius 3 is 1.44 bits per heavy atom. The van der Waals surface area contributed by atoms with Crippen molar-refractivity contribution in [2.24, 2.45) is 0 Å². The minimum absolute atomic E-state index is 0. The van der Waals surface area contributed by atoms with Crippen LogP contribution in [0.5, 0.6) is 0 Å². The molecule has 0 aliphatic heterocycles. The number of rotatable bonds is 2. The van der Waals surface area contributed by atoms with Gasteiger partial charge in [-0.3, -0.25) is 0 Å². The molecule has 3 aromatic carbocycles. The van der Waals surface area contributed by atoms with E-state index in [0.29, 0.717) is 0 Å². The summed E-state index contributed by atoms with van der Waals surface area (Å²) in [5, 5.41) is 0. The van der Waals surface area contributed by atoms with Crippen molar-refractivity contribution in [3.8, 4) is 11.1 Å². The fraction of sp³-hybridized carbons (Fsp3) is 0.250. The summed E-state index contributed by atoms with van der Waals surface area (Å²) in [6.07, 6.45) is 1.09. The number of benzene rings is 3. The van der Waals surface area contributed by atoms with Crippen LogP contribution in [0.1, 0.15) is 40.2 Å². The zero-order valence-corrected chi connectivity index (χ0v) is 26.0.